The first kappa shape index (κ1) is 23.0. The van der Waals surface area contributed by atoms with E-state index in [1.165, 1.54) is 24.1 Å². The number of nitrogens with one attached hydrogen (secondary N) is 2. The van der Waals surface area contributed by atoms with Crippen molar-refractivity contribution in [2.75, 3.05) is 20.6 Å². The number of carboxylic acids is 1. The summed E-state index contributed by atoms with van der Waals surface area (Å²) in [5.41, 5.74) is 2.73. The number of carboxylic acid groups (broad SMARTS) is 1. The molecular weight excluding hydrogens is 372 g/mol. The second-order valence-corrected chi connectivity index (χ2v) is 8.03. The Hall–Kier alpha value is -2.29. The van der Waals surface area contributed by atoms with Crippen LogP contribution in [0.3, 0.4) is 0 Å². The second kappa shape index (κ2) is 11.0. The average Bonchev–Trinajstić information content (AvgIpc) is 2.72. The lowest BCUT2D eigenvalue weighted by atomic mass is 9.66. The molecule has 1 fully saturated rings. The number of rotatable bonds is 10. The zero-order chi connectivity index (χ0) is 21.3. The Bertz CT molecular complexity index is 697. The smallest absolute Gasteiger partial charge is 0.321 e. The van der Waals surface area contributed by atoms with Crippen molar-refractivity contribution in [1.29, 1.82) is 0 Å². The minimum absolute atomic E-state index is 0.234. The normalized spacial score (nSPS) is 17.4. The molecular formula is C21H32N4O4. The van der Waals surface area contributed by atoms with Crippen molar-refractivity contribution in [2.45, 2.75) is 51.1 Å². The molecule has 1 atom stereocenters. The van der Waals surface area contributed by atoms with Crippen LogP contribution in [-0.4, -0.2) is 58.8 Å². The maximum atomic E-state index is 12.1. The molecule has 0 unspecified atom stereocenters. The highest BCUT2D eigenvalue weighted by atomic mass is 16.5. The van der Waals surface area contributed by atoms with Crippen LogP contribution in [0.15, 0.2) is 24.4 Å². The molecule has 4 N–H and O–H groups in total. The topological polar surface area (TPSA) is 115 Å². The third-order valence-corrected chi connectivity index (χ3v) is 5.64. The number of hydroxylamine groups is 1. The van der Waals surface area contributed by atoms with Gasteiger partial charge >= 0.3 is 5.97 Å². The van der Waals surface area contributed by atoms with Gasteiger partial charge in [-0.1, -0.05) is 25.3 Å². The van der Waals surface area contributed by atoms with Crippen molar-refractivity contribution in [2.24, 2.45) is 5.41 Å². The number of amides is 1. The molecule has 29 heavy (non-hydrogen) atoms. The Morgan fingerprint density at radius 1 is 1.28 bits per heavy atom. The summed E-state index contributed by atoms with van der Waals surface area (Å²) in [6, 6.07) is 3.00. The zero-order valence-corrected chi connectivity index (χ0v) is 17.2. The van der Waals surface area contributed by atoms with E-state index in [1.807, 2.05) is 20.2 Å². The highest BCUT2D eigenvalue weighted by Crippen LogP contribution is 2.42. The van der Waals surface area contributed by atoms with E-state index in [0.29, 0.717) is 12.2 Å². The fourth-order valence-corrected chi connectivity index (χ4v) is 4.01. The summed E-state index contributed by atoms with van der Waals surface area (Å²) in [6.45, 7) is 1.28. The van der Waals surface area contributed by atoms with Crippen LogP contribution in [0, 0.1) is 5.41 Å². The molecule has 1 aromatic rings. The van der Waals surface area contributed by atoms with E-state index in [1.54, 1.807) is 12.3 Å². The Labute approximate surface area is 172 Å². The van der Waals surface area contributed by atoms with Gasteiger partial charge in [0, 0.05) is 18.8 Å². The van der Waals surface area contributed by atoms with Crippen molar-refractivity contribution in [1.82, 2.24) is 20.7 Å². The van der Waals surface area contributed by atoms with Gasteiger partial charge in [0.2, 0.25) is 0 Å². The Kier molecular flexibility index (Phi) is 8.75. The first-order valence-corrected chi connectivity index (χ1v) is 10.0. The monoisotopic (exact) mass is 404 g/mol. The van der Waals surface area contributed by atoms with Gasteiger partial charge in [-0.2, -0.15) is 0 Å². The standard InChI is InChI=1S/C21H32N4O4/c1-25(2)13-12-21(10-4-3-5-11-21)19(20(27)28)23-15-16-6-7-17(22-14-16)8-9-18(26)24-29/h6-9,14,19,23,29H,3-5,10-13,15H2,1-2H3,(H,24,26)(H,27,28)/t19-/m1/s1. The van der Waals surface area contributed by atoms with Gasteiger partial charge in [0.05, 0.1) is 5.69 Å². The molecule has 8 heteroatoms. The molecule has 0 aromatic carbocycles. The molecule has 1 amide bonds. The average molecular weight is 405 g/mol. The molecule has 160 valence electrons. The Morgan fingerprint density at radius 2 is 2.00 bits per heavy atom. The van der Waals surface area contributed by atoms with E-state index < -0.39 is 17.9 Å². The molecule has 0 saturated heterocycles. The predicted octanol–water partition coefficient (Wildman–Crippen LogP) is 2.05. The summed E-state index contributed by atoms with van der Waals surface area (Å²) in [4.78, 5) is 29.5. The van der Waals surface area contributed by atoms with Crippen LogP contribution in [0.1, 0.15) is 49.8 Å². The van der Waals surface area contributed by atoms with Gasteiger partial charge < -0.3 is 10.0 Å². The van der Waals surface area contributed by atoms with Crippen LogP contribution in [0.5, 0.6) is 0 Å². The van der Waals surface area contributed by atoms with Crippen molar-refractivity contribution < 1.29 is 19.9 Å². The van der Waals surface area contributed by atoms with Crippen molar-refractivity contribution in [3.8, 4) is 0 Å². The lowest BCUT2D eigenvalue weighted by Crippen LogP contribution is -2.52. The molecule has 0 bridgehead atoms. The van der Waals surface area contributed by atoms with E-state index >= 15 is 0 Å². The SMILES string of the molecule is CN(C)CCC1([C@H](NCc2ccc(C=CC(=O)NO)nc2)C(=O)O)CCCCC1. The van der Waals surface area contributed by atoms with Crippen LogP contribution >= 0.6 is 0 Å². The molecule has 1 aromatic heterocycles. The second-order valence-electron chi connectivity index (χ2n) is 8.03. The number of hydrogen-bond donors (Lipinski definition) is 4. The minimum atomic E-state index is -0.798. The Morgan fingerprint density at radius 3 is 2.55 bits per heavy atom. The van der Waals surface area contributed by atoms with E-state index in [0.717, 1.165) is 44.2 Å². The van der Waals surface area contributed by atoms with Crippen LogP contribution < -0.4 is 10.8 Å². The van der Waals surface area contributed by atoms with Crippen LogP contribution in [0.2, 0.25) is 0 Å². The third-order valence-electron chi connectivity index (χ3n) is 5.64. The molecule has 2 rings (SSSR count). The molecule has 8 nitrogen and oxygen atoms in total. The van der Waals surface area contributed by atoms with E-state index in [9.17, 15) is 14.7 Å². The Balaban J connectivity index is 2.06. The number of carbonyl (C=O) groups is 2. The van der Waals surface area contributed by atoms with Gasteiger partial charge in [-0.15, -0.1) is 0 Å². The van der Waals surface area contributed by atoms with Gasteiger partial charge in [0.1, 0.15) is 6.04 Å². The number of pyridine rings is 1. The van der Waals surface area contributed by atoms with Crippen molar-refractivity contribution in [3.63, 3.8) is 0 Å². The van der Waals surface area contributed by atoms with Gasteiger partial charge in [0.25, 0.3) is 5.91 Å². The predicted molar refractivity (Wildman–Crippen MR) is 110 cm³/mol. The van der Waals surface area contributed by atoms with Gasteiger partial charge in [0.15, 0.2) is 0 Å². The quantitative estimate of drug-likeness (QED) is 0.268. The number of nitrogens with zero attached hydrogens (tertiary/aromatic N) is 2. The molecule has 0 spiro atoms. The minimum Gasteiger partial charge on any atom is -0.480 e. The molecule has 0 aliphatic heterocycles. The first-order valence-electron chi connectivity index (χ1n) is 10.0. The van der Waals surface area contributed by atoms with Crippen molar-refractivity contribution in [3.05, 3.63) is 35.7 Å². The molecule has 0 radical (unpaired) electrons. The maximum Gasteiger partial charge on any atom is 0.321 e. The fraction of sp³-hybridized carbons (Fsp3) is 0.571. The van der Waals surface area contributed by atoms with E-state index in [2.05, 4.69) is 15.2 Å². The maximum absolute atomic E-state index is 12.1. The molecule has 1 saturated carbocycles. The van der Waals surface area contributed by atoms with Crippen LogP contribution in [0.25, 0.3) is 6.08 Å². The van der Waals surface area contributed by atoms with Gasteiger partial charge in [-0.3, -0.25) is 25.1 Å². The van der Waals surface area contributed by atoms with Crippen LogP contribution in [-0.2, 0) is 16.1 Å². The summed E-state index contributed by atoms with van der Waals surface area (Å²) in [7, 11) is 4.04. The summed E-state index contributed by atoms with van der Waals surface area (Å²) < 4.78 is 0. The van der Waals surface area contributed by atoms with E-state index in [-0.39, 0.29) is 5.41 Å². The first-order chi connectivity index (χ1) is 13.9. The lowest BCUT2D eigenvalue weighted by molar-refractivity contribution is -0.144. The largest absolute Gasteiger partial charge is 0.480 e. The highest BCUT2D eigenvalue weighted by Gasteiger charge is 2.43. The molecule has 1 aliphatic rings. The zero-order valence-electron chi connectivity index (χ0n) is 17.2. The fourth-order valence-electron chi connectivity index (χ4n) is 4.01. The van der Waals surface area contributed by atoms with Gasteiger partial charge in [-0.05, 0) is 63.0 Å². The number of aliphatic carboxylic acids is 1. The van der Waals surface area contributed by atoms with Crippen molar-refractivity contribution >= 4 is 18.0 Å². The summed E-state index contributed by atoms with van der Waals surface area (Å²) in [5.74, 6) is -1.43. The number of carbonyl (C=O) groups excluding carboxylic acids is 1. The van der Waals surface area contributed by atoms with Crippen LogP contribution in [0.4, 0.5) is 0 Å². The lowest BCUT2D eigenvalue weighted by Gasteiger charge is -2.43. The third kappa shape index (κ3) is 6.92. The summed E-state index contributed by atoms with van der Waals surface area (Å²) in [6.07, 6.45) is 10.4. The van der Waals surface area contributed by atoms with Gasteiger partial charge in [-0.25, -0.2) is 5.48 Å². The summed E-state index contributed by atoms with van der Waals surface area (Å²) >= 11 is 0. The summed E-state index contributed by atoms with van der Waals surface area (Å²) in [5, 5.41) is 21.7. The molecule has 1 aliphatic carbocycles. The highest BCUT2D eigenvalue weighted by molar-refractivity contribution is 5.90. The number of hydrogen-bond acceptors (Lipinski definition) is 6. The van der Waals surface area contributed by atoms with E-state index in [4.69, 9.17) is 5.21 Å². The number of aromatic nitrogens is 1. The molecule has 1 heterocycles.